The third-order valence-electron chi connectivity index (χ3n) is 2.66. The predicted octanol–water partition coefficient (Wildman–Crippen LogP) is 0.918. The van der Waals surface area contributed by atoms with E-state index in [0.717, 1.165) is 24.3 Å². The van der Waals surface area contributed by atoms with Crippen molar-refractivity contribution in [3.05, 3.63) is 24.3 Å². The molecule has 7 nitrogen and oxygen atoms in total. The van der Waals surface area contributed by atoms with Gasteiger partial charge < -0.3 is 9.84 Å². The molecule has 0 saturated carbocycles. The van der Waals surface area contributed by atoms with E-state index in [1.54, 1.807) is 0 Å². The summed E-state index contributed by atoms with van der Waals surface area (Å²) in [6, 6.07) is 4.18. The van der Waals surface area contributed by atoms with Gasteiger partial charge in [0, 0.05) is 20.1 Å². The van der Waals surface area contributed by atoms with Gasteiger partial charge in [-0.1, -0.05) is 3.71 Å². The van der Waals surface area contributed by atoms with Crippen LogP contribution in [0.2, 0.25) is 0 Å². The highest BCUT2D eigenvalue weighted by Crippen LogP contribution is 2.30. The van der Waals surface area contributed by atoms with Crippen LogP contribution in [0.15, 0.2) is 29.2 Å². The monoisotopic (exact) mass is 377 g/mol. The Hall–Kier alpha value is -1.37. The number of hydrogen-bond acceptors (Lipinski definition) is 6. The van der Waals surface area contributed by atoms with Crippen LogP contribution in [0.25, 0.3) is 0 Å². The summed E-state index contributed by atoms with van der Waals surface area (Å²) < 4.78 is 88.0. The highest BCUT2D eigenvalue weighted by molar-refractivity contribution is 8.04. The van der Waals surface area contributed by atoms with Crippen molar-refractivity contribution in [2.45, 2.75) is 16.8 Å². The molecule has 1 aromatic rings. The molecule has 0 aliphatic carbocycles. The molecule has 0 heterocycles. The zero-order valence-corrected chi connectivity index (χ0v) is 13.4. The van der Waals surface area contributed by atoms with Crippen LogP contribution in [0, 0.1) is 0 Å². The van der Waals surface area contributed by atoms with E-state index in [9.17, 15) is 30.0 Å². The summed E-state index contributed by atoms with van der Waals surface area (Å²) in [6.07, 6.45) is 0.340. The van der Waals surface area contributed by atoms with Crippen LogP contribution in [0.4, 0.5) is 13.2 Å². The van der Waals surface area contributed by atoms with Gasteiger partial charge in [-0.25, -0.2) is 16.8 Å². The van der Waals surface area contributed by atoms with Crippen molar-refractivity contribution in [1.29, 1.82) is 0 Å². The Labute approximate surface area is 131 Å². The van der Waals surface area contributed by atoms with Gasteiger partial charge >= 0.3 is 15.5 Å². The molecule has 1 rings (SSSR count). The van der Waals surface area contributed by atoms with E-state index in [2.05, 4.69) is 0 Å². The van der Waals surface area contributed by atoms with E-state index in [1.807, 2.05) is 0 Å². The molecule has 132 valence electrons. The van der Waals surface area contributed by atoms with Crippen LogP contribution in [0.3, 0.4) is 0 Å². The van der Waals surface area contributed by atoms with Crippen molar-refractivity contribution in [1.82, 2.24) is 3.71 Å². The van der Waals surface area contributed by atoms with Crippen LogP contribution >= 0.6 is 0 Å². The minimum Gasteiger partial charge on any atom is -0.494 e. The lowest BCUT2D eigenvalue weighted by atomic mass is 10.3. The summed E-state index contributed by atoms with van der Waals surface area (Å²) in [5.74, 6) is 0.221. The van der Waals surface area contributed by atoms with Gasteiger partial charge in [0.2, 0.25) is 0 Å². The number of sulfonamides is 2. The molecule has 1 N–H and O–H groups in total. The molecule has 1 aromatic carbocycles. The first-order valence-electron chi connectivity index (χ1n) is 6.08. The maximum absolute atomic E-state index is 12.4. The largest absolute Gasteiger partial charge is 0.512 e. The fourth-order valence-corrected chi connectivity index (χ4v) is 4.00. The Bertz CT molecular complexity index is 728. The van der Waals surface area contributed by atoms with Crippen LogP contribution in [-0.2, 0) is 20.0 Å². The number of halogens is 3. The Morgan fingerprint density at radius 1 is 1.13 bits per heavy atom. The van der Waals surface area contributed by atoms with E-state index in [0.29, 0.717) is 13.5 Å². The zero-order chi connectivity index (χ0) is 17.9. The normalized spacial score (nSPS) is 13.3. The van der Waals surface area contributed by atoms with Gasteiger partial charge in [-0.15, -0.1) is 0 Å². The molecule has 0 unspecified atom stereocenters. The first-order chi connectivity index (χ1) is 10.4. The summed E-state index contributed by atoms with van der Waals surface area (Å²) in [5.41, 5.74) is -5.73. The minimum absolute atomic E-state index is 0.105. The summed E-state index contributed by atoms with van der Waals surface area (Å²) in [6.45, 7) is 0.0531. The van der Waals surface area contributed by atoms with Gasteiger partial charge in [0.05, 0.1) is 11.5 Å². The molecule has 0 bridgehead atoms. The molecule has 0 radical (unpaired) electrons. The number of nitrogens with zero attached hydrogens (tertiary/aromatic N) is 1. The molecule has 0 aromatic heterocycles. The molecule has 0 spiro atoms. The molecule has 0 fully saturated rings. The number of benzene rings is 1. The zero-order valence-electron chi connectivity index (χ0n) is 11.8. The second kappa shape index (κ2) is 7.03. The fraction of sp³-hybridized carbons (Fsp3) is 0.455. The molecule has 0 saturated heterocycles. The first kappa shape index (κ1) is 19.7. The van der Waals surface area contributed by atoms with Gasteiger partial charge in [-0.3, -0.25) is 0 Å². The van der Waals surface area contributed by atoms with Gasteiger partial charge in [0.15, 0.2) is 0 Å². The summed E-state index contributed by atoms with van der Waals surface area (Å²) >= 11 is 0. The average molecular weight is 377 g/mol. The van der Waals surface area contributed by atoms with Crippen molar-refractivity contribution < 1.29 is 39.9 Å². The highest BCUT2D eigenvalue weighted by atomic mass is 32.3. The van der Waals surface area contributed by atoms with E-state index in [4.69, 9.17) is 9.84 Å². The third kappa shape index (κ3) is 4.34. The average Bonchev–Trinajstić information content (AvgIpc) is 2.46. The van der Waals surface area contributed by atoms with Gasteiger partial charge in [-0.2, -0.15) is 13.2 Å². The number of rotatable bonds is 7. The van der Waals surface area contributed by atoms with E-state index in [1.165, 1.54) is 0 Å². The molecule has 0 amide bonds. The summed E-state index contributed by atoms with van der Waals surface area (Å²) in [5, 5.41) is 8.58. The van der Waals surface area contributed by atoms with E-state index >= 15 is 0 Å². The standard InChI is InChI=1S/C11H14F3NO6S2/c1-15(23(19,20)11(12,13)14)22(17,18)10-5-3-9(4-6-10)21-8-2-7-16/h3-6,16H,2,7-8H2,1H3. The van der Waals surface area contributed by atoms with Crippen LogP contribution in [-0.4, -0.2) is 51.4 Å². The molecular formula is C11H14F3NO6S2. The Balaban J connectivity index is 3.05. The lowest BCUT2D eigenvalue weighted by Gasteiger charge is -2.19. The van der Waals surface area contributed by atoms with Crippen molar-refractivity contribution in [3.63, 3.8) is 0 Å². The molecule has 23 heavy (non-hydrogen) atoms. The number of aliphatic hydroxyl groups is 1. The molecule has 0 aliphatic heterocycles. The Morgan fingerprint density at radius 3 is 2.09 bits per heavy atom. The SMILES string of the molecule is CN(S(=O)(=O)c1ccc(OCCCO)cc1)S(=O)(=O)C(F)(F)F. The highest BCUT2D eigenvalue weighted by Gasteiger charge is 2.52. The van der Waals surface area contributed by atoms with Gasteiger partial charge in [-0.05, 0) is 24.3 Å². The number of ether oxygens (including phenoxy) is 1. The van der Waals surface area contributed by atoms with Gasteiger partial charge in [0.25, 0.3) is 10.0 Å². The molecule has 0 atom stereocenters. The lowest BCUT2D eigenvalue weighted by molar-refractivity contribution is -0.0465. The number of aliphatic hydroxyl groups excluding tert-OH is 1. The van der Waals surface area contributed by atoms with E-state index < -0.39 is 34.2 Å². The van der Waals surface area contributed by atoms with Crippen LogP contribution in [0.1, 0.15) is 6.42 Å². The fourth-order valence-electron chi connectivity index (χ4n) is 1.39. The minimum atomic E-state index is -6.02. The predicted molar refractivity (Wildman–Crippen MR) is 73.6 cm³/mol. The molecular weight excluding hydrogens is 363 g/mol. The second-order valence-electron chi connectivity index (χ2n) is 4.23. The molecule has 0 aliphatic rings. The summed E-state index contributed by atoms with van der Waals surface area (Å²) in [4.78, 5) is -0.637. The van der Waals surface area contributed by atoms with Crippen molar-refractivity contribution in [2.75, 3.05) is 20.3 Å². The maximum Gasteiger partial charge on any atom is 0.512 e. The number of alkyl halides is 3. The first-order valence-corrected chi connectivity index (χ1v) is 8.96. The maximum atomic E-state index is 12.4. The van der Waals surface area contributed by atoms with Crippen molar-refractivity contribution in [3.8, 4) is 5.75 Å². The quantitative estimate of drug-likeness (QED) is 0.709. The lowest BCUT2D eigenvalue weighted by Crippen LogP contribution is -2.41. The smallest absolute Gasteiger partial charge is 0.494 e. The topological polar surface area (TPSA) is 101 Å². The molecule has 12 heteroatoms. The van der Waals surface area contributed by atoms with Crippen LogP contribution < -0.4 is 4.74 Å². The summed E-state index contributed by atoms with van der Waals surface area (Å²) in [7, 11) is -10.6. The Kier molecular flexibility index (Phi) is 6.01. The Morgan fingerprint density at radius 2 is 1.65 bits per heavy atom. The third-order valence-corrected chi connectivity index (χ3v) is 6.65. The van der Waals surface area contributed by atoms with E-state index in [-0.39, 0.29) is 19.0 Å². The van der Waals surface area contributed by atoms with Gasteiger partial charge in [0.1, 0.15) is 5.75 Å². The second-order valence-corrected chi connectivity index (χ2v) is 8.39. The van der Waals surface area contributed by atoms with Crippen molar-refractivity contribution in [2.24, 2.45) is 0 Å². The number of hydrogen-bond donors (Lipinski definition) is 1. The van der Waals surface area contributed by atoms with Crippen LogP contribution in [0.5, 0.6) is 5.75 Å². The van der Waals surface area contributed by atoms with Crippen molar-refractivity contribution >= 4 is 20.0 Å².